The zero-order valence-electron chi connectivity index (χ0n) is 15.8. The van der Waals surface area contributed by atoms with Gasteiger partial charge in [0.1, 0.15) is 5.54 Å². The van der Waals surface area contributed by atoms with Gasteiger partial charge in [0.25, 0.3) is 0 Å². The largest absolute Gasteiger partial charge is 0.399 e. The summed E-state index contributed by atoms with van der Waals surface area (Å²) in [7, 11) is 1.66. The van der Waals surface area contributed by atoms with Crippen LogP contribution < -0.4 is 11.5 Å². The number of anilines is 1. The van der Waals surface area contributed by atoms with Gasteiger partial charge in [0.05, 0.1) is 5.92 Å². The van der Waals surface area contributed by atoms with Gasteiger partial charge in [-0.25, -0.2) is 4.99 Å². The molecule has 1 amide bonds. The molecule has 28 heavy (non-hydrogen) atoms. The summed E-state index contributed by atoms with van der Waals surface area (Å²) in [6.07, 6.45) is 0. The van der Waals surface area contributed by atoms with E-state index in [4.69, 9.17) is 16.5 Å². The molecule has 0 radical (unpaired) electrons. The summed E-state index contributed by atoms with van der Waals surface area (Å²) in [5.74, 6) is -0.369. The first-order valence-electron chi connectivity index (χ1n) is 9.03. The van der Waals surface area contributed by atoms with Gasteiger partial charge in [0, 0.05) is 17.6 Å². The number of thiophene rings is 1. The molecule has 1 aliphatic rings. The summed E-state index contributed by atoms with van der Waals surface area (Å²) in [6.45, 7) is 1.94. The van der Waals surface area contributed by atoms with Crippen molar-refractivity contribution in [2.75, 3.05) is 12.8 Å². The molecule has 4 rings (SSSR count). The minimum atomic E-state index is -0.840. The first-order valence-corrected chi connectivity index (χ1v) is 9.91. The van der Waals surface area contributed by atoms with Crippen molar-refractivity contribution in [2.45, 2.75) is 18.4 Å². The van der Waals surface area contributed by atoms with Crippen LogP contribution in [-0.2, 0) is 10.3 Å². The zero-order chi connectivity index (χ0) is 19.9. The summed E-state index contributed by atoms with van der Waals surface area (Å²) in [6, 6.07) is 19.7. The number of carbonyl (C=O) groups is 1. The third-order valence-corrected chi connectivity index (χ3v) is 6.27. The molecule has 1 aromatic heterocycles. The Hall–Kier alpha value is -3.12. The average Bonchev–Trinajstić information content (AvgIpc) is 3.22. The molecule has 2 aromatic carbocycles. The number of nitrogen functional groups attached to an aromatic ring is 1. The standard InChI is InChI=1S/C22H22N4OS/c1-22(16-5-3-6-17(23)13-16)19(20(27)26(2)21(24)25-22)15-10-8-14(9-11-15)18-7-4-12-28-18/h3-13,19H,23H2,1-2H3,(H2,24,25)/t19-,22-/m1/s1. The first-order chi connectivity index (χ1) is 13.4. The highest BCUT2D eigenvalue weighted by atomic mass is 32.1. The van der Waals surface area contributed by atoms with Crippen molar-refractivity contribution in [2.24, 2.45) is 10.7 Å². The van der Waals surface area contributed by atoms with Gasteiger partial charge < -0.3 is 11.5 Å². The Balaban J connectivity index is 1.83. The molecular formula is C22H22N4OS. The second kappa shape index (κ2) is 6.80. The molecule has 0 aliphatic carbocycles. The van der Waals surface area contributed by atoms with Crippen LogP contribution in [0.3, 0.4) is 0 Å². The van der Waals surface area contributed by atoms with E-state index in [2.05, 4.69) is 23.6 Å². The Kier molecular flexibility index (Phi) is 4.43. The molecule has 142 valence electrons. The van der Waals surface area contributed by atoms with E-state index in [1.165, 1.54) is 9.78 Å². The van der Waals surface area contributed by atoms with E-state index < -0.39 is 11.5 Å². The van der Waals surface area contributed by atoms with Crippen LogP contribution in [-0.4, -0.2) is 23.8 Å². The van der Waals surface area contributed by atoms with Gasteiger partial charge in [0.2, 0.25) is 5.91 Å². The lowest BCUT2D eigenvalue weighted by Gasteiger charge is -2.41. The van der Waals surface area contributed by atoms with Gasteiger partial charge in [-0.1, -0.05) is 42.5 Å². The molecule has 0 spiro atoms. The predicted molar refractivity (Wildman–Crippen MR) is 115 cm³/mol. The minimum absolute atomic E-state index is 0.0821. The predicted octanol–water partition coefficient (Wildman–Crippen LogP) is 3.78. The minimum Gasteiger partial charge on any atom is -0.399 e. The molecule has 2 atom stereocenters. The number of amides is 1. The Bertz CT molecular complexity index is 1040. The number of guanidine groups is 1. The monoisotopic (exact) mass is 390 g/mol. The van der Waals surface area contributed by atoms with Crippen LogP contribution in [0.2, 0.25) is 0 Å². The van der Waals surface area contributed by atoms with Crippen LogP contribution >= 0.6 is 11.3 Å². The fourth-order valence-electron chi connectivity index (χ4n) is 3.76. The van der Waals surface area contributed by atoms with Crippen LogP contribution in [0.5, 0.6) is 0 Å². The highest BCUT2D eigenvalue weighted by Crippen LogP contribution is 2.44. The Morgan fingerprint density at radius 2 is 1.82 bits per heavy atom. The van der Waals surface area contributed by atoms with Crippen molar-refractivity contribution in [1.29, 1.82) is 0 Å². The van der Waals surface area contributed by atoms with E-state index in [0.717, 1.165) is 16.7 Å². The Labute approximate surface area is 168 Å². The van der Waals surface area contributed by atoms with Gasteiger partial charge >= 0.3 is 0 Å². The van der Waals surface area contributed by atoms with E-state index >= 15 is 0 Å². The van der Waals surface area contributed by atoms with E-state index in [1.54, 1.807) is 18.4 Å². The second-order valence-corrected chi connectivity index (χ2v) is 8.12. The lowest BCUT2D eigenvalue weighted by Crippen LogP contribution is -2.52. The van der Waals surface area contributed by atoms with E-state index in [9.17, 15) is 4.79 Å². The van der Waals surface area contributed by atoms with Gasteiger partial charge in [-0.15, -0.1) is 11.3 Å². The summed E-state index contributed by atoms with van der Waals surface area (Å²) in [5, 5.41) is 2.05. The molecule has 0 bridgehead atoms. The van der Waals surface area contributed by atoms with Crippen LogP contribution in [0.25, 0.3) is 10.4 Å². The highest BCUT2D eigenvalue weighted by molar-refractivity contribution is 7.13. The number of carbonyl (C=O) groups excluding carboxylic acids is 1. The normalized spacial score (nSPS) is 22.2. The molecule has 6 heteroatoms. The smallest absolute Gasteiger partial charge is 0.239 e. The van der Waals surface area contributed by atoms with Gasteiger partial charge in [-0.2, -0.15) is 0 Å². The van der Waals surface area contributed by atoms with Gasteiger partial charge in [0.15, 0.2) is 5.96 Å². The number of rotatable bonds is 3. The Morgan fingerprint density at radius 1 is 1.07 bits per heavy atom. The average molecular weight is 391 g/mol. The van der Waals surface area contributed by atoms with Crippen molar-refractivity contribution in [3.8, 4) is 10.4 Å². The molecule has 4 N–H and O–H groups in total. The molecule has 0 fully saturated rings. The number of benzene rings is 2. The number of hydrogen-bond acceptors (Lipinski definition) is 5. The molecule has 2 heterocycles. The molecular weight excluding hydrogens is 368 g/mol. The third kappa shape index (κ3) is 2.96. The van der Waals surface area contributed by atoms with E-state index in [-0.39, 0.29) is 11.9 Å². The number of hydrogen-bond donors (Lipinski definition) is 2. The zero-order valence-corrected chi connectivity index (χ0v) is 16.6. The fraction of sp³-hybridized carbons (Fsp3) is 0.182. The van der Waals surface area contributed by atoms with E-state index in [0.29, 0.717) is 5.69 Å². The molecule has 0 saturated carbocycles. The SMILES string of the molecule is CN1C(=O)[C@@H](c2ccc(-c3cccs3)cc2)[C@@](C)(c2cccc(N)c2)N=C1N. The first kappa shape index (κ1) is 18.3. The lowest BCUT2D eigenvalue weighted by atomic mass is 9.74. The number of nitrogens with zero attached hydrogens (tertiary/aromatic N) is 2. The van der Waals surface area contributed by atoms with Crippen molar-refractivity contribution in [1.82, 2.24) is 4.90 Å². The van der Waals surface area contributed by atoms with Crippen molar-refractivity contribution >= 4 is 28.9 Å². The molecule has 5 nitrogen and oxygen atoms in total. The van der Waals surface area contributed by atoms with Crippen LogP contribution in [0.15, 0.2) is 71.0 Å². The summed E-state index contributed by atoms with van der Waals surface area (Å²) >= 11 is 1.69. The number of likely N-dealkylation sites (N-methyl/N-ethyl adjacent to an activating group) is 1. The van der Waals surface area contributed by atoms with E-state index in [1.807, 2.05) is 49.4 Å². The maximum atomic E-state index is 13.3. The highest BCUT2D eigenvalue weighted by Gasteiger charge is 2.47. The van der Waals surface area contributed by atoms with Crippen molar-refractivity contribution < 1.29 is 4.79 Å². The second-order valence-electron chi connectivity index (χ2n) is 7.17. The number of aliphatic imine (C=N–C) groups is 1. The Morgan fingerprint density at radius 3 is 2.46 bits per heavy atom. The lowest BCUT2D eigenvalue weighted by molar-refractivity contribution is -0.130. The van der Waals surface area contributed by atoms with Crippen LogP contribution in [0.4, 0.5) is 5.69 Å². The van der Waals surface area contributed by atoms with Crippen molar-refractivity contribution in [3.05, 3.63) is 77.2 Å². The third-order valence-electron chi connectivity index (χ3n) is 5.35. The van der Waals surface area contributed by atoms with Crippen LogP contribution in [0.1, 0.15) is 24.0 Å². The van der Waals surface area contributed by atoms with Crippen LogP contribution in [0, 0.1) is 0 Å². The summed E-state index contributed by atoms with van der Waals surface area (Å²) in [5.41, 5.74) is 14.8. The van der Waals surface area contributed by atoms with Gasteiger partial charge in [-0.3, -0.25) is 9.69 Å². The quantitative estimate of drug-likeness (QED) is 0.668. The maximum Gasteiger partial charge on any atom is 0.239 e. The fourth-order valence-corrected chi connectivity index (χ4v) is 4.49. The maximum absolute atomic E-state index is 13.3. The van der Waals surface area contributed by atoms with Crippen molar-refractivity contribution in [3.63, 3.8) is 0 Å². The molecule has 0 saturated heterocycles. The van der Waals surface area contributed by atoms with Gasteiger partial charge in [-0.05, 0) is 47.2 Å². The summed E-state index contributed by atoms with van der Waals surface area (Å²) < 4.78 is 0. The summed E-state index contributed by atoms with van der Waals surface area (Å²) in [4.78, 5) is 20.6. The molecule has 3 aromatic rings. The molecule has 1 aliphatic heterocycles. The number of nitrogens with two attached hydrogens (primary N) is 2. The topological polar surface area (TPSA) is 84.7 Å². The molecule has 0 unspecified atom stereocenters.